The molecule has 0 bridgehead atoms. The van der Waals surface area contributed by atoms with Crippen molar-refractivity contribution in [2.75, 3.05) is 26.3 Å². The standard InChI is InChI=1S/C13H27NO/c1-4-6-12(3)14-9-7-13(8-10-14)11-15-5-2/h12-13H,4-11H2,1-3H3. The van der Waals surface area contributed by atoms with Crippen molar-refractivity contribution in [2.24, 2.45) is 5.92 Å². The molecule has 2 nitrogen and oxygen atoms in total. The molecule has 0 spiro atoms. The maximum absolute atomic E-state index is 5.50. The Morgan fingerprint density at radius 2 is 1.93 bits per heavy atom. The van der Waals surface area contributed by atoms with Gasteiger partial charge in [-0.2, -0.15) is 0 Å². The number of ether oxygens (including phenoxy) is 1. The molecule has 1 heterocycles. The smallest absolute Gasteiger partial charge is 0.0495 e. The summed E-state index contributed by atoms with van der Waals surface area (Å²) in [6, 6.07) is 0.781. The number of piperidine rings is 1. The fourth-order valence-corrected chi connectivity index (χ4v) is 2.45. The first-order chi connectivity index (χ1) is 7.27. The van der Waals surface area contributed by atoms with Gasteiger partial charge in [-0.15, -0.1) is 0 Å². The largest absolute Gasteiger partial charge is 0.381 e. The first-order valence-electron chi connectivity index (χ1n) is 6.59. The van der Waals surface area contributed by atoms with Crippen LogP contribution in [0.25, 0.3) is 0 Å². The van der Waals surface area contributed by atoms with Crippen molar-refractivity contribution in [1.82, 2.24) is 4.90 Å². The van der Waals surface area contributed by atoms with E-state index >= 15 is 0 Å². The van der Waals surface area contributed by atoms with Crippen molar-refractivity contribution in [3.05, 3.63) is 0 Å². The van der Waals surface area contributed by atoms with Crippen LogP contribution in [0.15, 0.2) is 0 Å². The molecular weight excluding hydrogens is 186 g/mol. The second-order valence-corrected chi connectivity index (χ2v) is 4.78. The highest BCUT2D eigenvalue weighted by Gasteiger charge is 2.21. The highest BCUT2D eigenvalue weighted by molar-refractivity contribution is 4.75. The maximum atomic E-state index is 5.50. The van der Waals surface area contributed by atoms with Crippen LogP contribution in [0.4, 0.5) is 0 Å². The van der Waals surface area contributed by atoms with Gasteiger partial charge in [0, 0.05) is 19.3 Å². The maximum Gasteiger partial charge on any atom is 0.0495 e. The van der Waals surface area contributed by atoms with E-state index in [9.17, 15) is 0 Å². The minimum atomic E-state index is 0.781. The van der Waals surface area contributed by atoms with Crippen molar-refractivity contribution in [1.29, 1.82) is 0 Å². The molecule has 0 aliphatic carbocycles. The summed E-state index contributed by atoms with van der Waals surface area (Å²) in [6.07, 6.45) is 5.30. The molecule has 1 rings (SSSR count). The lowest BCUT2D eigenvalue weighted by Crippen LogP contribution is -2.40. The third-order valence-electron chi connectivity index (χ3n) is 3.54. The third-order valence-corrected chi connectivity index (χ3v) is 3.54. The van der Waals surface area contributed by atoms with Crippen molar-refractivity contribution >= 4 is 0 Å². The lowest BCUT2D eigenvalue weighted by Gasteiger charge is -2.35. The summed E-state index contributed by atoms with van der Waals surface area (Å²) < 4.78 is 5.50. The molecule has 0 N–H and O–H groups in total. The monoisotopic (exact) mass is 213 g/mol. The van der Waals surface area contributed by atoms with E-state index in [1.54, 1.807) is 0 Å². The van der Waals surface area contributed by atoms with Crippen LogP contribution in [0.2, 0.25) is 0 Å². The topological polar surface area (TPSA) is 12.5 Å². The molecule has 1 fully saturated rings. The molecule has 0 saturated carbocycles. The van der Waals surface area contributed by atoms with Gasteiger partial charge in [-0.25, -0.2) is 0 Å². The van der Waals surface area contributed by atoms with Crippen LogP contribution in [0.3, 0.4) is 0 Å². The number of nitrogens with zero attached hydrogens (tertiary/aromatic N) is 1. The van der Waals surface area contributed by atoms with Crippen molar-refractivity contribution in [2.45, 2.75) is 52.5 Å². The number of rotatable bonds is 6. The molecule has 0 radical (unpaired) electrons. The van der Waals surface area contributed by atoms with E-state index in [4.69, 9.17) is 4.74 Å². The number of hydrogen-bond donors (Lipinski definition) is 0. The molecule has 90 valence electrons. The molecule has 0 aromatic carbocycles. The van der Waals surface area contributed by atoms with Crippen LogP contribution in [0.5, 0.6) is 0 Å². The third kappa shape index (κ3) is 4.52. The fourth-order valence-electron chi connectivity index (χ4n) is 2.45. The lowest BCUT2D eigenvalue weighted by atomic mass is 9.96. The van der Waals surface area contributed by atoms with E-state index in [0.29, 0.717) is 0 Å². The predicted molar refractivity (Wildman–Crippen MR) is 65.2 cm³/mol. The van der Waals surface area contributed by atoms with E-state index in [0.717, 1.165) is 25.2 Å². The molecule has 1 atom stereocenters. The molecule has 0 aromatic heterocycles. The SMILES string of the molecule is CCCC(C)N1CCC(COCC)CC1. The van der Waals surface area contributed by atoms with E-state index in [1.165, 1.54) is 38.8 Å². The Kier molecular flexibility index (Phi) is 6.26. The summed E-state index contributed by atoms with van der Waals surface area (Å²) in [7, 11) is 0. The van der Waals surface area contributed by atoms with Crippen molar-refractivity contribution in [3.8, 4) is 0 Å². The predicted octanol–water partition coefficient (Wildman–Crippen LogP) is 2.92. The first kappa shape index (κ1) is 13.0. The van der Waals surface area contributed by atoms with E-state index in [-0.39, 0.29) is 0 Å². The molecule has 1 unspecified atom stereocenters. The van der Waals surface area contributed by atoms with Crippen LogP contribution in [0.1, 0.15) is 46.5 Å². The summed E-state index contributed by atoms with van der Waals surface area (Å²) in [4.78, 5) is 2.64. The summed E-state index contributed by atoms with van der Waals surface area (Å²) in [5.74, 6) is 0.815. The number of likely N-dealkylation sites (tertiary alicyclic amines) is 1. The Morgan fingerprint density at radius 1 is 1.27 bits per heavy atom. The van der Waals surface area contributed by atoms with Crippen LogP contribution in [0, 0.1) is 5.92 Å². The van der Waals surface area contributed by atoms with Gasteiger partial charge in [-0.1, -0.05) is 13.3 Å². The average molecular weight is 213 g/mol. The molecule has 1 aliphatic rings. The Morgan fingerprint density at radius 3 is 2.47 bits per heavy atom. The first-order valence-corrected chi connectivity index (χ1v) is 6.59. The summed E-state index contributed by atoms with van der Waals surface area (Å²) >= 11 is 0. The molecule has 1 saturated heterocycles. The zero-order valence-corrected chi connectivity index (χ0v) is 10.7. The van der Waals surface area contributed by atoms with E-state index in [1.807, 2.05) is 0 Å². The quantitative estimate of drug-likeness (QED) is 0.672. The lowest BCUT2D eigenvalue weighted by molar-refractivity contribution is 0.0620. The van der Waals surface area contributed by atoms with E-state index in [2.05, 4.69) is 25.7 Å². The second-order valence-electron chi connectivity index (χ2n) is 4.78. The Hall–Kier alpha value is -0.0800. The van der Waals surface area contributed by atoms with Gasteiger partial charge in [0.15, 0.2) is 0 Å². The van der Waals surface area contributed by atoms with Gasteiger partial charge < -0.3 is 9.64 Å². The Bertz CT molecular complexity index is 153. The molecule has 0 aromatic rings. The molecule has 0 amide bonds. The Labute approximate surface area is 95.0 Å². The summed E-state index contributed by atoms with van der Waals surface area (Å²) in [5.41, 5.74) is 0. The Balaban J connectivity index is 2.17. The minimum absolute atomic E-state index is 0.781. The number of hydrogen-bond acceptors (Lipinski definition) is 2. The minimum Gasteiger partial charge on any atom is -0.381 e. The van der Waals surface area contributed by atoms with Gasteiger partial charge in [-0.05, 0) is 52.1 Å². The van der Waals surface area contributed by atoms with Crippen LogP contribution < -0.4 is 0 Å². The van der Waals surface area contributed by atoms with Gasteiger partial charge in [0.05, 0.1) is 0 Å². The summed E-state index contributed by atoms with van der Waals surface area (Å²) in [5, 5.41) is 0. The fraction of sp³-hybridized carbons (Fsp3) is 1.00. The molecular formula is C13H27NO. The van der Waals surface area contributed by atoms with Crippen molar-refractivity contribution in [3.63, 3.8) is 0 Å². The summed E-state index contributed by atoms with van der Waals surface area (Å²) in [6.45, 7) is 11.1. The average Bonchev–Trinajstić information content (AvgIpc) is 2.27. The van der Waals surface area contributed by atoms with Gasteiger partial charge in [0.1, 0.15) is 0 Å². The van der Waals surface area contributed by atoms with Crippen LogP contribution in [-0.2, 0) is 4.74 Å². The van der Waals surface area contributed by atoms with E-state index < -0.39 is 0 Å². The van der Waals surface area contributed by atoms with Crippen molar-refractivity contribution < 1.29 is 4.74 Å². The second kappa shape index (κ2) is 7.24. The highest BCUT2D eigenvalue weighted by Crippen LogP contribution is 2.20. The highest BCUT2D eigenvalue weighted by atomic mass is 16.5. The van der Waals surface area contributed by atoms with Crippen LogP contribution in [-0.4, -0.2) is 37.2 Å². The molecule has 2 heteroatoms. The van der Waals surface area contributed by atoms with Gasteiger partial charge in [-0.3, -0.25) is 0 Å². The zero-order valence-electron chi connectivity index (χ0n) is 10.7. The molecule has 15 heavy (non-hydrogen) atoms. The van der Waals surface area contributed by atoms with Crippen LogP contribution >= 0.6 is 0 Å². The van der Waals surface area contributed by atoms with Gasteiger partial charge in [0.25, 0.3) is 0 Å². The zero-order chi connectivity index (χ0) is 11.1. The van der Waals surface area contributed by atoms with Gasteiger partial charge in [0.2, 0.25) is 0 Å². The van der Waals surface area contributed by atoms with Gasteiger partial charge >= 0.3 is 0 Å². The normalized spacial score (nSPS) is 21.8. The molecule has 1 aliphatic heterocycles.